The van der Waals surface area contributed by atoms with Crippen LogP contribution in [0.3, 0.4) is 0 Å². The molecule has 1 heterocycles. The van der Waals surface area contributed by atoms with E-state index in [0.717, 1.165) is 5.69 Å². The van der Waals surface area contributed by atoms with Crippen LogP contribution in [0.4, 0.5) is 0 Å². The smallest absolute Gasteiger partial charge is 0.0518 e. The molecular weight excluding hydrogens is 246 g/mol. The van der Waals surface area contributed by atoms with Crippen molar-refractivity contribution in [3.8, 4) is 0 Å². The maximum absolute atomic E-state index is 4.00. The second kappa shape index (κ2) is 5.80. The Balaban J connectivity index is 2.04. The molecule has 2 atom stereocenters. The Morgan fingerprint density at radius 1 is 1.00 bits per heavy atom. The highest BCUT2D eigenvalue weighted by Gasteiger charge is 2.15. The van der Waals surface area contributed by atoms with Crippen molar-refractivity contribution in [2.24, 2.45) is 0 Å². The Bertz CT molecular complexity index is 520. The first kappa shape index (κ1) is 14.8. The second-order valence-electron chi connectivity index (χ2n) is 6.49. The summed E-state index contributed by atoms with van der Waals surface area (Å²) in [6, 6.07) is 11.5. The molecule has 0 saturated carbocycles. The van der Waals surface area contributed by atoms with Crippen molar-refractivity contribution in [1.82, 2.24) is 15.5 Å². The van der Waals surface area contributed by atoms with E-state index in [1.54, 1.807) is 6.20 Å². The molecule has 0 aliphatic rings. The van der Waals surface area contributed by atoms with Gasteiger partial charge >= 0.3 is 0 Å². The van der Waals surface area contributed by atoms with Gasteiger partial charge in [-0.15, -0.1) is 0 Å². The molecule has 3 heteroatoms. The second-order valence-corrected chi connectivity index (χ2v) is 6.49. The minimum Gasteiger partial charge on any atom is -0.302 e. The van der Waals surface area contributed by atoms with E-state index < -0.39 is 0 Å². The zero-order valence-electron chi connectivity index (χ0n) is 13.1. The number of hydrogen-bond donors (Lipinski definition) is 2. The number of nitrogens with zero attached hydrogens (tertiary/aromatic N) is 1. The molecule has 1 aromatic carbocycles. The van der Waals surface area contributed by atoms with E-state index in [-0.39, 0.29) is 11.5 Å². The molecule has 2 N–H and O–H groups in total. The number of aromatic nitrogens is 2. The lowest BCUT2D eigenvalue weighted by atomic mass is 9.86. The van der Waals surface area contributed by atoms with Gasteiger partial charge < -0.3 is 5.32 Å². The topological polar surface area (TPSA) is 40.7 Å². The van der Waals surface area contributed by atoms with Gasteiger partial charge in [0.1, 0.15) is 0 Å². The summed E-state index contributed by atoms with van der Waals surface area (Å²) in [7, 11) is 0. The lowest BCUT2D eigenvalue weighted by molar-refractivity contribution is 0.485. The number of rotatable bonds is 4. The van der Waals surface area contributed by atoms with Crippen LogP contribution >= 0.6 is 0 Å². The Kier molecular flexibility index (Phi) is 4.29. The van der Waals surface area contributed by atoms with Crippen LogP contribution < -0.4 is 5.32 Å². The predicted molar refractivity (Wildman–Crippen MR) is 83.7 cm³/mol. The van der Waals surface area contributed by atoms with Crippen molar-refractivity contribution in [3.63, 3.8) is 0 Å². The SMILES string of the molecule is CC(NC(C)c1ccn[nH]1)c1ccc(C(C)(C)C)cc1. The van der Waals surface area contributed by atoms with Crippen LogP contribution in [0.25, 0.3) is 0 Å². The molecule has 2 aromatic rings. The highest BCUT2D eigenvalue weighted by atomic mass is 15.1. The van der Waals surface area contributed by atoms with Crippen molar-refractivity contribution in [2.75, 3.05) is 0 Å². The summed E-state index contributed by atoms with van der Waals surface area (Å²) in [5.74, 6) is 0. The third-order valence-corrected chi connectivity index (χ3v) is 3.77. The quantitative estimate of drug-likeness (QED) is 0.878. The van der Waals surface area contributed by atoms with E-state index in [1.165, 1.54) is 11.1 Å². The molecule has 20 heavy (non-hydrogen) atoms. The van der Waals surface area contributed by atoms with Crippen molar-refractivity contribution < 1.29 is 0 Å². The van der Waals surface area contributed by atoms with Gasteiger partial charge in [-0.2, -0.15) is 5.10 Å². The number of H-pyrrole nitrogens is 1. The summed E-state index contributed by atoms with van der Waals surface area (Å²) in [4.78, 5) is 0. The maximum Gasteiger partial charge on any atom is 0.0518 e. The zero-order chi connectivity index (χ0) is 14.8. The Hall–Kier alpha value is -1.61. The molecule has 0 radical (unpaired) electrons. The largest absolute Gasteiger partial charge is 0.302 e. The molecule has 1 aromatic heterocycles. The highest BCUT2D eigenvalue weighted by Crippen LogP contribution is 2.24. The Labute approximate surface area is 121 Å². The van der Waals surface area contributed by atoms with Crippen molar-refractivity contribution in [3.05, 3.63) is 53.3 Å². The summed E-state index contributed by atoms with van der Waals surface area (Å²) < 4.78 is 0. The minimum atomic E-state index is 0.207. The summed E-state index contributed by atoms with van der Waals surface area (Å²) in [5, 5.41) is 10.6. The standard InChI is InChI=1S/C17H25N3/c1-12(19-13(2)16-10-11-18-20-16)14-6-8-15(9-7-14)17(3,4)5/h6-13,19H,1-5H3,(H,18,20). The van der Waals surface area contributed by atoms with Crippen LogP contribution in [0.1, 0.15) is 63.5 Å². The maximum atomic E-state index is 4.00. The first-order chi connectivity index (χ1) is 9.38. The molecule has 3 nitrogen and oxygen atoms in total. The normalized spacial score (nSPS) is 15.1. The lowest BCUT2D eigenvalue weighted by Gasteiger charge is -2.22. The molecule has 0 aliphatic heterocycles. The molecule has 0 aliphatic carbocycles. The molecule has 0 amide bonds. The van der Waals surface area contributed by atoms with E-state index in [0.29, 0.717) is 6.04 Å². The zero-order valence-corrected chi connectivity index (χ0v) is 13.1. The van der Waals surface area contributed by atoms with Crippen LogP contribution in [0, 0.1) is 0 Å². The van der Waals surface area contributed by atoms with Crippen LogP contribution in [0.5, 0.6) is 0 Å². The minimum absolute atomic E-state index is 0.207. The van der Waals surface area contributed by atoms with Crippen LogP contribution in [-0.2, 0) is 5.41 Å². The van der Waals surface area contributed by atoms with E-state index in [4.69, 9.17) is 0 Å². The Morgan fingerprint density at radius 3 is 2.15 bits per heavy atom. The average molecular weight is 271 g/mol. The fraction of sp³-hybridized carbons (Fsp3) is 0.471. The third-order valence-electron chi connectivity index (χ3n) is 3.77. The van der Waals surface area contributed by atoms with Crippen LogP contribution in [-0.4, -0.2) is 10.2 Å². The summed E-state index contributed by atoms with van der Waals surface area (Å²) in [6.45, 7) is 11.1. The van der Waals surface area contributed by atoms with Crippen LogP contribution in [0.15, 0.2) is 36.5 Å². The molecule has 108 valence electrons. The van der Waals surface area contributed by atoms with Gasteiger partial charge in [0.2, 0.25) is 0 Å². The predicted octanol–water partition coefficient (Wildman–Crippen LogP) is 4.12. The van der Waals surface area contributed by atoms with E-state index in [9.17, 15) is 0 Å². The highest BCUT2D eigenvalue weighted by molar-refractivity contribution is 5.29. The van der Waals surface area contributed by atoms with Gasteiger partial charge in [-0.05, 0) is 36.5 Å². The van der Waals surface area contributed by atoms with Gasteiger partial charge in [0.05, 0.1) is 5.69 Å². The molecule has 2 unspecified atom stereocenters. The van der Waals surface area contributed by atoms with E-state index in [2.05, 4.69) is 74.4 Å². The van der Waals surface area contributed by atoms with Gasteiger partial charge in [-0.25, -0.2) is 0 Å². The number of benzene rings is 1. The van der Waals surface area contributed by atoms with Crippen molar-refractivity contribution in [1.29, 1.82) is 0 Å². The fourth-order valence-electron chi connectivity index (χ4n) is 2.34. The molecule has 0 bridgehead atoms. The summed E-state index contributed by atoms with van der Waals surface area (Å²) in [5.41, 5.74) is 4.00. The van der Waals surface area contributed by atoms with Gasteiger partial charge in [0.25, 0.3) is 0 Å². The molecular formula is C17H25N3. The first-order valence-electron chi connectivity index (χ1n) is 7.23. The summed E-state index contributed by atoms with van der Waals surface area (Å²) in [6.07, 6.45) is 1.79. The first-order valence-corrected chi connectivity index (χ1v) is 7.23. The van der Waals surface area contributed by atoms with Crippen LogP contribution in [0.2, 0.25) is 0 Å². The van der Waals surface area contributed by atoms with Gasteiger partial charge in [0, 0.05) is 18.3 Å². The monoisotopic (exact) mass is 271 g/mol. The van der Waals surface area contributed by atoms with E-state index >= 15 is 0 Å². The van der Waals surface area contributed by atoms with Gasteiger partial charge in [0.15, 0.2) is 0 Å². The average Bonchev–Trinajstić information content (AvgIpc) is 2.91. The summed E-state index contributed by atoms with van der Waals surface area (Å²) >= 11 is 0. The number of hydrogen-bond acceptors (Lipinski definition) is 2. The number of aromatic amines is 1. The van der Waals surface area contributed by atoms with Crippen molar-refractivity contribution >= 4 is 0 Å². The number of nitrogens with one attached hydrogen (secondary N) is 2. The lowest BCUT2D eigenvalue weighted by Crippen LogP contribution is -2.23. The molecule has 0 spiro atoms. The molecule has 2 rings (SSSR count). The molecule has 0 fully saturated rings. The Morgan fingerprint density at radius 2 is 1.65 bits per heavy atom. The third kappa shape index (κ3) is 3.48. The van der Waals surface area contributed by atoms with Gasteiger partial charge in [-0.1, -0.05) is 45.0 Å². The van der Waals surface area contributed by atoms with Crippen molar-refractivity contribution in [2.45, 2.75) is 52.1 Å². The van der Waals surface area contributed by atoms with Gasteiger partial charge in [-0.3, -0.25) is 5.10 Å². The fourth-order valence-corrected chi connectivity index (χ4v) is 2.34. The van der Waals surface area contributed by atoms with E-state index in [1.807, 2.05) is 6.07 Å². The molecule has 0 saturated heterocycles.